The Morgan fingerprint density at radius 2 is 1.87 bits per heavy atom. The van der Waals surface area contributed by atoms with Crippen LogP contribution in [0, 0.1) is 5.92 Å². The van der Waals surface area contributed by atoms with Crippen molar-refractivity contribution in [3.05, 3.63) is 0 Å². The average Bonchev–Trinajstić information content (AvgIpc) is 2.27. The summed E-state index contributed by atoms with van der Waals surface area (Å²) in [5.41, 5.74) is 6.28. The van der Waals surface area contributed by atoms with Gasteiger partial charge in [0.2, 0.25) is 0 Å². The van der Waals surface area contributed by atoms with E-state index < -0.39 is 0 Å². The maximum atomic E-state index is 6.03. The highest BCUT2D eigenvalue weighted by Gasteiger charge is 2.38. The maximum absolute atomic E-state index is 6.03. The molecule has 0 bridgehead atoms. The molecule has 1 fully saturated rings. The molecule has 2 unspecified atom stereocenters. The average molecular weight is 212 g/mol. The Hall–Kier alpha value is -0.0800. The van der Waals surface area contributed by atoms with Crippen molar-refractivity contribution >= 4 is 0 Å². The van der Waals surface area contributed by atoms with E-state index in [2.05, 4.69) is 32.6 Å². The van der Waals surface area contributed by atoms with Crippen LogP contribution in [0.4, 0.5) is 0 Å². The molecule has 90 valence electrons. The van der Waals surface area contributed by atoms with E-state index in [1.165, 1.54) is 32.2 Å². The molecule has 1 saturated heterocycles. The predicted molar refractivity (Wildman–Crippen MR) is 66.9 cm³/mol. The zero-order chi connectivity index (χ0) is 11.5. The van der Waals surface area contributed by atoms with Gasteiger partial charge in [0.25, 0.3) is 0 Å². The number of piperidine rings is 1. The number of nitrogens with two attached hydrogens (primary N) is 1. The third-order valence-electron chi connectivity index (χ3n) is 4.68. The summed E-state index contributed by atoms with van der Waals surface area (Å²) in [6.45, 7) is 11.4. The van der Waals surface area contributed by atoms with Gasteiger partial charge in [0.15, 0.2) is 0 Å². The fourth-order valence-corrected chi connectivity index (χ4v) is 3.07. The van der Waals surface area contributed by atoms with Gasteiger partial charge >= 0.3 is 0 Å². The first-order valence-electron chi connectivity index (χ1n) is 6.58. The molecule has 0 aromatic rings. The molecule has 1 aliphatic rings. The normalized spacial score (nSPS) is 29.4. The Labute approximate surface area is 95.2 Å². The van der Waals surface area contributed by atoms with E-state index in [1.807, 2.05) is 0 Å². The van der Waals surface area contributed by atoms with Crippen molar-refractivity contribution in [2.45, 2.75) is 65.0 Å². The largest absolute Gasteiger partial charge is 0.329 e. The second-order valence-electron chi connectivity index (χ2n) is 5.19. The van der Waals surface area contributed by atoms with Crippen LogP contribution in [-0.2, 0) is 0 Å². The topological polar surface area (TPSA) is 29.3 Å². The van der Waals surface area contributed by atoms with E-state index >= 15 is 0 Å². The highest BCUT2D eigenvalue weighted by atomic mass is 15.2. The van der Waals surface area contributed by atoms with Gasteiger partial charge in [-0.15, -0.1) is 0 Å². The molecule has 2 atom stereocenters. The van der Waals surface area contributed by atoms with E-state index in [0.29, 0.717) is 6.04 Å². The molecule has 0 spiro atoms. The van der Waals surface area contributed by atoms with E-state index in [4.69, 9.17) is 5.73 Å². The standard InChI is InChI=1S/C13H28N2/c1-5-13(6-2,10-14)15-9-7-8-11(3)12(15)4/h11-12H,5-10,14H2,1-4H3. The zero-order valence-corrected chi connectivity index (χ0v) is 10.9. The Bertz CT molecular complexity index is 179. The molecule has 2 nitrogen and oxygen atoms in total. The van der Waals surface area contributed by atoms with Gasteiger partial charge in [-0.2, -0.15) is 0 Å². The summed E-state index contributed by atoms with van der Waals surface area (Å²) < 4.78 is 0. The Morgan fingerprint density at radius 3 is 2.33 bits per heavy atom. The summed E-state index contributed by atoms with van der Waals surface area (Å²) >= 11 is 0. The first-order chi connectivity index (χ1) is 7.11. The SMILES string of the molecule is CCC(CC)(CN)N1CCCC(C)C1C. The van der Waals surface area contributed by atoms with E-state index in [0.717, 1.165) is 12.5 Å². The van der Waals surface area contributed by atoms with Crippen LogP contribution in [0.25, 0.3) is 0 Å². The Kier molecular flexibility index (Phi) is 4.60. The van der Waals surface area contributed by atoms with Crippen LogP contribution in [0.5, 0.6) is 0 Å². The van der Waals surface area contributed by atoms with Crippen molar-refractivity contribution in [3.63, 3.8) is 0 Å². The Morgan fingerprint density at radius 1 is 1.27 bits per heavy atom. The molecule has 0 saturated carbocycles. The summed E-state index contributed by atoms with van der Waals surface area (Å²) in [5, 5.41) is 0. The van der Waals surface area contributed by atoms with Crippen LogP contribution in [0.1, 0.15) is 53.4 Å². The third-order valence-corrected chi connectivity index (χ3v) is 4.68. The monoisotopic (exact) mass is 212 g/mol. The highest BCUT2D eigenvalue weighted by Crippen LogP contribution is 2.32. The first-order valence-corrected chi connectivity index (χ1v) is 6.58. The molecule has 0 aliphatic carbocycles. The van der Waals surface area contributed by atoms with Crippen LogP contribution in [0.3, 0.4) is 0 Å². The fraction of sp³-hybridized carbons (Fsp3) is 1.00. The molecule has 1 aliphatic heterocycles. The second-order valence-corrected chi connectivity index (χ2v) is 5.19. The van der Waals surface area contributed by atoms with Crippen molar-refractivity contribution in [1.29, 1.82) is 0 Å². The van der Waals surface area contributed by atoms with Gasteiger partial charge in [-0.25, -0.2) is 0 Å². The quantitative estimate of drug-likeness (QED) is 0.776. The van der Waals surface area contributed by atoms with Crippen LogP contribution in [0.15, 0.2) is 0 Å². The lowest BCUT2D eigenvalue weighted by atomic mass is 9.83. The van der Waals surface area contributed by atoms with Gasteiger partial charge in [-0.3, -0.25) is 4.90 Å². The summed E-state index contributed by atoms with van der Waals surface area (Å²) in [4.78, 5) is 2.68. The van der Waals surface area contributed by atoms with E-state index in [9.17, 15) is 0 Å². The number of hydrogen-bond donors (Lipinski definition) is 1. The summed E-state index contributed by atoms with van der Waals surface area (Å²) in [6.07, 6.45) is 5.08. The number of hydrogen-bond acceptors (Lipinski definition) is 2. The van der Waals surface area contributed by atoms with Crippen molar-refractivity contribution in [2.75, 3.05) is 13.1 Å². The van der Waals surface area contributed by atoms with Gasteiger partial charge in [0.1, 0.15) is 0 Å². The van der Waals surface area contributed by atoms with Crippen LogP contribution >= 0.6 is 0 Å². The lowest BCUT2D eigenvalue weighted by Crippen LogP contribution is -2.59. The predicted octanol–water partition coefficient (Wildman–Crippen LogP) is 2.62. The van der Waals surface area contributed by atoms with E-state index in [-0.39, 0.29) is 5.54 Å². The van der Waals surface area contributed by atoms with Gasteiger partial charge in [-0.1, -0.05) is 20.8 Å². The van der Waals surface area contributed by atoms with Gasteiger partial charge in [0.05, 0.1) is 0 Å². The highest BCUT2D eigenvalue weighted by molar-refractivity contribution is 4.95. The molecule has 0 radical (unpaired) electrons. The smallest absolute Gasteiger partial charge is 0.0329 e. The van der Waals surface area contributed by atoms with E-state index in [1.54, 1.807) is 0 Å². The number of likely N-dealkylation sites (tertiary alicyclic amines) is 1. The fourth-order valence-electron chi connectivity index (χ4n) is 3.07. The van der Waals surface area contributed by atoms with Crippen molar-refractivity contribution in [3.8, 4) is 0 Å². The molecular formula is C13H28N2. The lowest BCUT2D eigenvalue weighted by Gasteiger charge is -2.50. The molecule has 2 heteroatoms. The zero-order valence-electron chi connectivity index (χ0n) is 10.9. The summed E-state index contributed by atoms with van der Waals surface area (Å²) in [5.74, 6) is 0.822. The molecule has 15 heavy (non-hydrogen) atoms. The number of rotatable bonds is 4. The second kappa shape index (κ2) is 5.31. The minimum Gasteiger partial charge on any atom is -0.329 e. The van der Waals surface area contributed by atoms with Crippen LogP contribution in [-0.4, -0.2) is 29.6 Å². The van der Waals surface area contributed by atoms with Crippen molar-refractivity contribution < 1.29 is 0 Å². The summed E-state index contributed by atoms with van der Waals surface area (Å²) in [6, 6.07) is 0.696. The van der Waals surface area contributed by atoms with Crippen molar-refractivity contribution in [1.82, 2.24) is 4.90 Å². The molecule has 0 aromatic heterocycles. The molecular weight excluding hydrogens is 184 g/mol. The lowest BCUT2D eigenvalue weighted by molar-refractivity contribution is -0.000817. The minimum atomic E-state index is 0.258. The molecule has 0 aromatic carbocycles. The van der Waals surface area contributed by atoms with Gasteiger partial charge in [0, 0.05) is 18.1 Å². The molecule has 2 N–H and O–H groups in total. The van der Waals surface area contributed by atoms with Gasteiger partial charge < -0.3 is 5.73 Å². The van der Waals surface area contributed by atoms with Gasteiger partial charge in [-0.05, 0) is 45.1 Å². The molecule has 1 heterocycles. The molecule has 0 amide bonds. The maximum Gasteiger partial charge on any atom is 0.0329 e. The van der Waals surface area contributed by atoms with Crippen LogP contribution < -0.4 is 5.73 Å². The number of nitrogens with zero attached hydrogens (tertiary/aromatic N) is 1. The van der Waals surface area contributed by atoms with Crippen molar-refractivity contribution in [2.24, 2.45) is 11.7 Å². The Balaban J connectivity index is 2.82. The molecule has 1 rings (SSSR count). The summed E-state index contributed by atoms with van der Waals surface area (Å²) in [7, 11) is 0. The third kappa shape index (κ3) is 2.36. The van der Waals surface area contributed by atoms with Crippen LogP contribution in [0.2, 0.25) is 0 Å². The minimum absolute atomic E-state index is 0.258. The first kappa shape index (κ1) is 13.0.